The van der Waals surface area contributed by atoms with E-state index in [4.69, 9.17) is 11.6 Å². The first-order valence-electron chi connectivity index (χ1n) is 10.3. The number of benzene rings is 1. The minimum Gasteiger partial charge on any atom is -0.349 e. The highest BCUT2D eigenvalue weighted by molar-refractivity contribution is 6.30. The zero-order valence-corrected chi connectivity index (χ0v) is 18.7. The van der Waals surface area contributed by atoms with E-state index in [2.05, 4.69) is 20.3 Å². The van der Waals surface area contributed by atoms with Crippen molar-refractivity contribution in [3.05, 3.63) is 65.1 Å². The summed E-state index contributed by atoms with van der Waals surface area (Å²) in [5.41, 5.74) is 0.648. The van der Waals surface area contributed by atoms with Gasteiger partial charge in [0.25, 0.3) is 11.8 Å². The highest BCUT2D eigenvalue weighted by Crippen LogP contribution is 2.40. The maximum atomic E-state index is 14.7. The molecular formula is C23H21ClF3N5O. The molecule has 1 amide bonds. The summed E-state index contributed by atoms with van der Waals surface area (Å²) in [6, 6.07) is 5.51. The molecule has 10 heteroatoms. The molecule has 2 aromatic heterocycles. The van der Waals surface area contributed by atoms with Crippen molar-refractivity contribution in [1.29, 1.82) is 0 Å². The van der Waals surface area contributed by atoms with E-state index in [1.165, 1.54) is 47.8 Å². The minimum atomic E-state index is -2.89. The predicted octanol–water partition coefficient (Wildman–Crippen LogP) is 5.55. The first-order valence-corrected chi connectivity index (χ1v) is 10.7. The van der Waals surface area contributed by atoms with Crippen molar-refractivity contribution >= 4 is 29.0 Å². The Morgan fingerprint density at radius 2 is 1.88 bits per heavy atom. The molecule has 1 saturated heterocycles. The maximum Gasteiger partial charge on any atom is 0.266 e. The third-order valence-electron chi connectivity index (χ3n) is 5.31. The number of aromatic nitrogens is 3. The molecule has 0 saturated carbocycles. The number of hydrogen-bond acceptors (Lipinski definition) is 5. The molecule has 1 aromatic carbocycles. The number of rotatable bonds is 5. The number of halogens is 4. The third kappa shape index (κ3) is 4.93. The van der Waals surface area contributed by atoms with Crippen molar-refractivity contribution in [2.45, 2.75) is 32.1 Å². The molecule has 1 aliphatic heterocycles. The van der Waals surface area contributed by atoms with Crippen LogP contribution >= 0.6 is 11.6 Å². The average molecular weight is 476 g/mol. The molecule has 4 rings (SSSR count). The summed E-state index contributed by atoms with van der Waals surface area (Å²) < 4.78 is 42.6. The monoisotopic (exact) mass is 475 g/mol. The summed E-state index contributed by atoms with van der Waals surface area (Å²) in [6.45, 7) is 3.33. The largest absolute Gasteiger partial charge is 0.349 e. The Kier molecular flexibility index (Phi) is 6.25. The van der Waals surface area contributed by atoms with Crippen LogP contribution in [-0.2, 0) is 0 Å². The summed E-state index contributed by atoms with van der Waals surface area (Å²) in [5, 5.41) is 3.00. The average Bonchev–Trinajstić information content (AvgIpc) is 3.15. The van der Waals surface area contributed by atoms with Crippen molar-refractivity contribution < 1.29 is 18.0 Å². The number of carbonyl (C=O) groups excluding carboxylic acids is 1. The topological polar surface area (TPSA) is 71.0 Å². The summed E-state index contributed by atoms with van der Waals surface area (Å²) >= 11 is 6.07. The zero-order chi connectivity index (χ0) is 23.8. The summed E-state index contributed by atoms with van der Waals surface area (Å²) in [7, 11) is 0. The van der Waals surface area contributed by atoms with Gasteiger partial charge in [-0.2, -0.15) is 0 Å². The van der Waals surface area contributed by atoms with Gasteiger partial charge in [-0.1, -0.05) is 25.4 Å². The van der Waals surface area contributed by atoms with E-state index < -0.39 is 24.2 Å². The fourth-order valence-corrected chi connectivity index (χ4v) is 3.77. The molecule has 1 aliphatic rings. The SMILES string of the molecule is CC(C)c1ncc(C(=O)Nc2c(-c3cc(Cl)ccc3F)ccnc2N2CCC(F)(F)C2)cn1. The quantitative estimate of drug-likeness (QED) is 0.523. The van der Waals surface area contributed by atoms with Gasteiger partial charge in [-0.15, -0.1) is 0 Å². The van der Waals surface area contributed by atoms with Crippen LogP contribution in [0.4, 0.5) is 24.7 Å². The number of carbonyl (C=O) groups is 1. The van der Waals surface area contributed by atoms with Gasteiger partial charge in [0, 0.05) is 53.6 Å². The van der Waals surface area contributed by atoms with E-state index in [9.17, 15) is 18.0 Å². The number of anilines is 2. The van der Waals surface area contributed by atoms with E-state index in [0.29, 0.717) is 5.82 Å². The lowest BCUT2D eigenvalue weighted by atomic mass is 10.0. The molecule has 172 valence electrons. The Morgan fingerprint density at radius 1 is 1.15 bits per heavy atom. The molecule has 6 nitrogen and oxygen atoms in total. The van der Waals surface area contributed by atoms with Crippen LogP contribution in [0.5, 0.6) is 0 Å². The lowest BCUT2D eigenvalue weighted by molar-refractivity contribution is 0.0257. The van der Waals surface area contributed by atoms with Crippen molar-refractivity contribution in [2.75, 3.05) is 23.3 Å². The lowest BCUT2D eigenvalue weighted by Gasteiger charge is -2.23. The van der Waals surface area contributed by atoms with E-state index in [0.717, 1.165) is 0 Å². The van der Waals surface area contributed by atoms with E-state index >= 15 is 0 Å². The molecule has 0 radical (unpaired) electrons. The third-order valence-corrected chi connectivity index (χ3v) is 5.54. The lowest BCUT2D eigenvalue weighted by Crippen LogP contribution is -2.27. The number of pyridine rings is 1. The first kappa shape index (κ1) is 23.0. The van der Waals surface area contributed by atoms with Crippen LogP contribution in [0.3, 0.4) is 0 Å². The zero-order valence-electron chi connectivity index (χ0n) is 17.9. The Labute approximate surface area is 193 Å². The van der Waals surface area contributed by atoms with Gasteiger partial charge in [-0.25, -0.2) is 28.1 Å². The van der Waals surface area contributed by atoms with Gasteiger partial charge in [0.1, 0.15) is 11.6 Å². The van der Waals surface area contributed by atoms with Gasteiger partial charge < -0.3 is 10.2 Å². The van der Waals surface area contributed by atoms with Gasteiger partial charge in [0.15, 0.2) is 5.82 Å². The second-order valence-electron chi connectivity index (χ2n) is 8.15. The normalized spacial score (nSPS) is 15.2. The Morgan fingerprint density at radius 3 is 2.52 bits per heavy atom. The molecule has 0 unspecified atom stereocenters. The van der Waals surface area contributed by atoms with Gasteiger partial charge in [-0.05, 0) is 24.3 Å². The van der Waals surface area contributed by atoms with Crippen molar-refractivity contribution in [1.82, 2.24) is 15.0 Å². The molecule has 33 heavy (non-hydrogen) atoms. The number of hydrogen-bond donors (Lipinski definition) is 1. The molecule has 3 aromatic rings. The summed E-state index contributed by atoms with van der Waals surface area (Å²) in [4.78, 5) is 27.0. The van der Waals surface area contributed by atoms with E-state index in [1.807, 2.05) is 13.8 Å². The fraction of sp³-hybridized carbons (Fsp3) is 0.304. The number of nitrogens with zero attached hydrogens (tertiary/aromatic N) is 4. The molecule has 1 N–H and O–H groups in total. The van der Waals surface area contributed by atoms with Gasteiger partial charge in [0.05, 0.1) is 17.8 Å². The highest BCUT2D eigenvalue weighted by Gasteiger charge is 2.40. The first-order chi connectivity index (χ1) is 15.6. The van der Waals surface area contributed by atoms with Crippen LogP contribution in [0.25, 0.3) is 11.1 Å². The van der Waals surface area contributed by atoms with Crippen LogP contribution in [-0.4, -0.2) is 39.9 Å². The summed E-state index contributed by atoms with van der Waals surface area (Å²) in [5.74, 6) is -3.26. The van der Waals surface area contributed by atoms with Gasteiger partial charge in [-0.3, -0.25) is 4.79 Å². The molecule has 3 heterocycles. The van der Waals surface area contributed by atoms with Gasteiger partial charge >= 0.3 is 0 Å². The van der Waals surface area contributed by atoms with Crippen molar-refractivity contribution in [2.24, 2.45) is 0 Å². The molecule has 0 aliphatic carbocycles. The molecule has 1 fully saturated rings. The molecule has 0 spiro atoms. The summed E-state index contributed by atoms with van der Waals surface area (Å²) in [6.07, 6.45) is 3.81. The fourth-order valence-electron chi connectivity index (χ4n) is 3.60. The van der Waals surface area contributed by atoms with E-state index in [1.54, 1.807) is 0 Å². The Bertz CT molecular complexity index is 1190. The maximum absolute atomic E-state index is 14.7. The van der Waals surface area contributed by atoms with Crippen LogP contribution < -0.4 is 10.2 Å². The number of nitrogens with one attached hydrogen (secondary N) is 1. The Balaban J connectivity index is 1.78. The number of alkyl halides is 2. The second-order valence-corrected chi connectivity index (χ2v) is 8.58. The molecule has 0 atom stereocenters. The van der Waals surface area contributed by atoms with Crippen LogP contribution in [0.15, 0.2) is 42.9 Å². The molecule has 0 bridgehead atoms. The minimum absolute atomic E-state index is 0.0382. The van der Waals surface area contributed by atoms with Crippen molar-refractivity contribution in [3.8, 4) is 11.1 Å². The smallest absolute Gasteiger partial charge is 0.266 e. The van der Waals surface area contributed by atoms with Crippen LogP contribution in [0.1, 0.15) is 42.4 Å². The van der Waals surface area contributed by atoms with E-state index in [-0.39, 0.29) is 52.1 Å². The van der Waals surface area contributed by atoms with Gasteiger partial charge in [0.2, 0.25) is 0 Å². The van der Waals surface area contributed by atoms with Crippen LogP contribution in [0, 0.1) is 5.82 Å². The Hall–Kier alpha value is -3.20. The highest BCUT2D eigenvalue weighted by atomic mass is 35.5. The standard InChI is InChI=1S/C23H21ClF3N5O/c1-13(2)20-29-10-14(11-30-20)22(33)31-19-16(17-9-15(24)3-4-18(17)25)5-7-28-21(19)32-8-6-23(26,27)12-32/h3-5,7,9-11,13H,6,8,12H2,1-2H3,(H,31,33). The molecular weight excluding hydrogens is 455 g/mol. The predicted molar refractivity (Wildman–Crippen MR) is 120 cm³/mol. The van der Waals surface area contributed by atoms with Crippen molar-refractivity contribution in [3.63, 3.8) is 0 Å². The number of amides is 1. The van der Waals surface area contributed by atoms with Crippen LogP contribution in [0.2, 0.25) is 5.02 Å². The second kappa shape index (κ2) is 8.97.